The van der Waals surface area contributed by atoms with Crippen LogP contribution in [-0.2, 0) is 0 Å². The van der Waals surface area contributed by atoms with E-state index in [2.05, 4.69) is 36.1 Å². The second kappa shape index (κ2) is 7.13. The summed E-state index contributed by atoms with van der Waals surface area (Å²) in [4.78, 5) is 2.51. The zero-order valence-electron chi connectivity index (χ0n) is 11.9. The van der Waals surface area contributed by atoms with Crippen LogP contribution in [0.4, 0.5) is 0 Å². The van der Waals surface area contributed by atoms with Crippen molar-refractivity contribution in [3.05, 3.63) is 0 Å². The first-order valence-electron chi connectivity index (χ1n) is 7.50. The van der Waals surface area contributed by atoms with Crippen LogP contribution in [0.2, 0.25) is 0 Å². The topological polar surface area (TPSA) is 41.3 Å². The lowest BCUT2D eigenvalue weighted by Crippen LogP contribution is -2.58. The molecule has 3 N–H and O–H groups in total. The van der Waals surface area contributed by atoms with Crippen LogP contribution < -0.4 is 11.3 Å². The van der Waals surface area contributed by atoms with E-state index < -0.39 is 0 Å². The van der Waals surface area contributed by atoms with Gasteiger partial charge in [0.1, 0.15) is 0 Å². The van der Waals surface area contributed by atoms with Crippen LogP contribution in [0, 0.1) is 11.8 Å². The Balaban J connectivity index is 1.91. The van der Waals surface area contributed by atoms with Crippen molar-refractivity contribution in [3.8, 4) is 0 Å². The molecular formula is C14H29N3S. The Bertz CT molecular complexity index is 241. The van der Waals surface area contributed by atoms with Crippen molar-refractivity contribution < 1.29 is 0 Å². The van der Waals surface area contributed by atoms with E-state index >= 15 is 0 Å². The first-order valence-corrected chi connectivity index (χ1v) is 8.65. The van der Waals surface area contributed by atoms with Crippen molar-refractivity contribution in [2.24, 2.45) is 17.7 Å². The Hall–Kier alpha value is 0.230. The quantitative estimate of drug-likeness (QED) is 0.607. The van der Waals surface area contributed by atoms with E-state index in [9.17, 15) is 0 Å². The predicted molar refractivity (Wildman–Crippen MR) is 80.6 cm³/mol. The summed E-state index contributed by atoms with van der Waals surface area (Å²) < 4.78 is 0. The lowest BCUT2D eigenvalue weighted by Gasteiger charge is -2.43. The third kappa shape index (κ3) is 3.41. The summed E-state index contributed by atoms with van der Waals surface area (Å²) in [6.07, 6.45) is 6.89. The number of nitrogens with one attached hydrogen (secondary N) is 1. The summed E-state index contributed by atoms with van der Waals surface area (Å²) in [6.45, 7) is 3.53. The largest absolute Gasteiger partial charge is 0.300 e. The summed E-state index contributed by atoms with van der Waals surface area (Å²) in [5.74, 6) is 10.1. The molecule has 0 aromatic heterocycles. The highest BCUT2D eigenvalue weighted by Gasteiger charge is 2.34. The molecule has 1 saturated heterocycles. The normalized spacial score (nSPS) is 36.5. The number of thioether (sulfide) groups is 1. The highest BCUT2D eigenvalue weighted by Crippen LogP contribution is 2.34. The molecule has 0 aromatic rings. The Labute approximate surface area is 116 Å². The minimum Gasteiger partial charge on any atom is -0.300 e. The third-order valence-corrected chi connectivity index (χ3v) is 6.08. The molecule has 4 heteroatoms. The zero-order chi connectivity index (χ0) is 13.0. The van der Waals surface area contributed by atoms with Crippen LogP contribution in [0.3, 0.4) is 0 Å². The molecule has 2 aliphatic rings. The minimum atomic E-state index is 0.487. The van der Waals surface area contributed by atoms with Gasteiger partial charge in [-0.3, -0.25) is 11.3 Å². The van der Waals surface area contributed by atoms with Gasteiger partial charge in [-0.1, -0.05) is 26.2 Å². The smallest absolute Gasteiger partial charge is 0.0402 e. The van der Waals surface area contributed by atoms with Gasteiger partial charge >= 0.3 is 0 Å². The molecule has 0 amide bonds. The first-order chi connectivity index (χ1) is 8.76. The molecule has 2 fully saturated rings. The number of hydrazine groups is 1. The third-order valence-electron chi connectivity index (χ3n) is 5.03. The number of rotatable bonds is 4. The molecule has 3 nitrogen and oxygen atoms in total. The Morgan fingerprint density at radius 1 is 1.33 bits per heavy atom. The van der Waals surface area contributed by atoms with Gasteiger partial charge in [0.05, 0.1) is 0 Å². The van der Waals surface area contributed by atoms with Crippen LogP contribution in [0.15, 0.2) is 0 Å². The maximum Gasteiger partial charge on any atom is 0.0402 e. The van der Waals surface area contributed by atoms with Crippen molar-refractivity contribution in [2.45, 2.75) is 51.1 Å². The maximum atomic E-state index is 5.88. The summed E-state index contributed by atoms with van der Waals surface area (Å²) in [6, 6.07) is 1.11. The average Bonchev–Trinajstić information content (AvgIpc) is 2.42. The molecule has 0 aromatic carbocycles. The van der Waals surface area contributed by atoms with Crippen LogP contribution in [0.5, 0.6) is 0 Å². The maximum absolute atomic E-state index is 5.88. The molecule has 1 aliphatic heterocycles. The molecule has 0 radical (unpaired) electrons. The molecule has 2 rings (SSSR count). The van der Waals surface area contributed by atoms with Gasteiger partial charge in [-0.2, -0.15) is 11.8 Å². The second-order valence-electron chi connectivity index (χ2n) is 6.00. The molecule has 0 bridgehead atoms. The molecule has 2 atom stereocenters. The molecule has 1 aliphatic carbocycles. The average molecular weight is 271 g/mol. The molecule has 2 unspecified atom stereocenters. The lowest BCUT2D eigenvalue weighted by atomic mass is 9.76. The minimum absolute atomic E-state index is 0.487. The summed E-state index contributed by atoms with van der Waals surface area (Å²) in [7, 11) is 2.26. The highest BCUT2D eigenvalue weighted by atomic mass is 32.2. The number of hydrogen-bond acceptors (Lipinski definition) is 4. The molecule has 1 heterocycles. The fraction of sp³-hybridized carbons (Fsp3) is 1.00. The SMILES string of the molecule is CCC1CCC(C(NN)C2CSCCN2C)CC1. The Morgan fingerprint density at radius 3 is 2.61 bits per heavy atom. The Morgan fingerprint density at radius 2 is 2.06 bits per heavy atom. The van der Waals surface area contributed by atoms with Gasteiger partial charge in [0, 0.05) is 30.1 Å². The van der Waals surface area contributed by atoms with Crippen LogP contribution in [-0.4, -0.2) is 42.1 Å². The number of likely N-dealkylation sites (N-methyl/N-ethyl adjacent to an activating group) is 1. The van der Waals surface area contributed by atoms with Gasteiger partial charge in [-0.15, -0.1) is 0 Å². The first kappa shape index (κ1) is 14.6. The van der Waals surface area contributed by atoms with Gasteiger partial charge in [0.15, 0.2) is 0 Å². The predicted octanol–water partition coefficient (Wildman–Crippen LogP) is 2.08. The standard InChI is InChI=1S/C14H29N3S/c1-3-11-4-6-12(7-5-11)14(16-15)13-10-18-9-8-17(13)2/h11-14,16H,3-10,15H2,1-2H3. The van der Waals surface area contributed by atoms with E-state index in [1.165, 1.54) is 50.2 Å². The van der Waals surface area contributed by atoms with Crippen molar-refractivity contribution in [3.63, 3.8) is 0 Å². The molecule has 0 spiro atoms. The van der Waals surface area contributed by atoms with Crippen molar-refractivity contribution in [2.75, 3.05) is 25.1 Å². The molecular weight excluding hydrogens is 242 g/mol. The van der Waals surface area contributed by atoms with Crippen LogP contribution >= 0.6 is 11.8 Å². The van der Waals surface area contributed by atoms with Crippen LogP contribution in [0.1, 0.15) is 39.0 Å². The van der Waals surface area contributed by atoms with E-state index in [0.29, 0.717) is 12.1 Å². The molecule has 106 valence electrons. The lowest BCUT2D eigenvalue weighted by molar-refractivity contribution is 0.136. The highest BCUT2D eigenvalue weighted by molar-refractivity contribution is 7.99. The monoisotopic (exact) mass is 271 g/mol. The van der Waals surface area contributed by atoms with E-state index in [1.807, 2.05) is 0 Å². The van der Waals surface area contributed by atoms with Gasteiger partial charge in [-0.25, -0.2) is 0 Å². The second-order valence-corrected chi connectivity index (χ2v) is 7.15. The van der Waals surface area contributed by atoms with Crippen molar-refractivity contribution >= 4 is 11.8 Å². The van der Waals surface area contributed by atoms with Crippen molar-refractivity contribution in [1.82, 2.24) is 10.3 Å². The fourth-order valence-corrected chi connectivity index (χ4v) is 4.89. The molecule has 18 heavy (non-hydrogen) atoms. The summed E-state index contributed by atoms with van der Waals surface area (Å²) >= 11 is 2.08. The number of nitrogens with zero attached hydrogens (tertiary/aromatic N) is 1. The zero-order valence-corrected chi connectivity index (χ0v) is 12.7. The van der Waals surface area contributed by atoms with Gasteiger partial charge in [0.2, 0.25) is 0 Å². The van der Waals surface area contributed by atoms with Gasteiger partial charge in [0.25, 0.3) is 0 Å². The van der Waals surface area contributed by atoms with E-state index in [0.717, 1.165) is 11.8 Å². The van der Waals surface area contributed by atoms with Gasteiger partial charge < -0.3 is 4.90 Å². The number of hydrogen-bond donors (Lipinski definition) is 2. The summed E-state index contributed by atoms with van der Waals surface area (Å²) in [5.41, 5.74) is 3.15. The Kier molecular flexibility index (Phi) is 5.80. The van der Waals surface area contributed by atoms with Gasteiger partial charge in [-0.05, 0) is 31.7 Å². The summed E-state index contributed by atoms with van der Waals surface area (Å²) in [5, 5.41) is 0. The van der Waals surface area contributed by atoms with E-state index in [4.69, 9.17) is 5.84 Å². The molecule has 1 saturated carbocycles. The van der Waals surface area contributed by atoms with Crippen molar-refractivity contribution in [1.29, 1.82) is 0 Å². The van der Waals surface area contributed by atoms with Crippen LogP contribution in [0.25, 0.3) is 0 Å². The number of nitrogens with two attached hydrogens (primary N) is 1. The fourth-order valence-electron chi connectivity index (χ4n) is 3.60. The van der Waals surface area contributed by atoms with E-state index in [1.54, 1.807) is 0 Å². The van der Waals surface area contributed by atoms with E-state index in [-0.39, 0.29) is 0 Å².